The van der Waals surface area contributed by atoms with Gasteiger partial charge in [-0.15, -0.1) is 0 Å². The molecule has 2 nitrogen and oxygen atoms in total. The largest absolute Gasteiger partial charge is 0.497 e. The first-order valence-electron chi connectivity index (χ1n) is 7.13. The molecule has 0 heterocycles. The molecule has 2 aromatic carbocycles. The summed E-state index contributed by atoms with van der Waals surface area (Å²) in [5.74, 6) is 0.878. The Bertz CT molecular complexity index is 633. The third-order valence-corrected chi connectivity index (χ3v) is 4.38. The standard InChI is InChI=1S/C18H20O2/c1-3-18(19)12-14-8-9-16(20-2)11-15(14)10-13-6-4-5-7-17(13)18/h4-9,11,19H,3,10,12H2,1-2H3. The molecule has 0 amide bonds. The fourth-order valence-electron chi connectivity index (χ4n) is 3.13. The predicted molar refractivity (Wildman–Crippen MR) is 80.1 cm³/mol. The molecule has 1 aliphatic rings. The summed E-state index contributed by atoms with van der Waals surface area (Å²) in [5, 5.41) is 11.1. The third-order valence-electron chi connectivity index (χ3n) is 4.38. The highest BCUT2D eigenvalue weighted by Crippen LogP contribution is 2.37. The molecule has 2 aromatic rings. The minimum atomic E-state index is -0.767. The average molecular weight is 268 g/mol. The number of hydrogen-bond donors (Lipinski definition) is 1. The highest BCUT2D eigenvalue weighted by atomic mass is 16.5. The lowest BCUT2D eigenvalue weighted by atomic mass is 9.84. The topological polar surface area (TPSA) is 29.5 Å². The van der Waals surface area contributed by atoms with E-state index in [1.54, 1.807) is 7.11 Å². The van der Waals surface area contributed by atoms with Crippen molar-refractivity contribution in [2.45, 2.75) is 31.8 Å². The maximum absolute atomic E-state index is 11.1. The summed E-state index contributed by atoms with van der Waals surface area (Å²) in [6.07, 6.45) is 2.24. The summed E-state index contributed by atoms with van der Waals surface area (Å²) >= 11 is 0. The van der Waals surface area contributed by atoms with Crippen LogP contribution in [0.3, 0.4) is 0 Å². The molecule has 0 saturated heterocycles. The van der Waals surface area contributed by atoms with E-state index in [1.807, 2.05) is 25.1 Å². The van der Waals surface area contributed by atoms with Crippen molar-refractivity contribution in [2.24, 2.45) is 0 Å². The first-order valence-corrected chi connectivity index (χ1v) is 7.13. The zero-order chi connectivity index (χ0) is 14.2. The molecule has 20 heavy (non-hydrogen) atoms. The lowest BCUT2D eigenvalue weighted by Crippen LogP contribution is -2.27. The maximum Gasteiger partial charge on any atom is 0.119 e. The Morgan fingerprint density at radius 3 is 2.65 bits per heavy atom. The maximum atomic E-state index is 11.1. The lowest BCUT2D eigenvalue weighted by molar-refractivity contribution is 0.0328. The van der Waals surface area contributed by atoms with Gasteiger partial charge in [0.1, 0.15) is 5.75 Å². The van der Waals surface area contributed by atoms with Gasteiger partial charge >= 0.3 is 0 Å². The predicted octanol–water partition coefficient (Wildman–Crippen LogP) is 3.44. The molecule has 0 radical (unpaired) electrons. The average Bonchev–Trinajstić information content (AvgIpc) is 2.61. The van der Waals surface area contributed by atoms with Crippen LogP contribution < -0.4 is 4.74 Å². The molecule has 1 N–H and O–H groups in total. The van der Waals surface area contributed by atoms with Crippen molar-refractivity contribution in [3.05, 3.63) is 64.7 Å². The molecule has 0 saturated carbocycles. The first-order chi connectivity index (χ1) is 9.66. The summed E-state index contributed by atoms with van der Waals surface area (Å²) in [6.45, 7) is 2.05. The molecule has 104 valence electrons. The van der Waals surface area contributed by atoms with Crippen LogP contribution in [0.1, 0.15) is 35.6 Å². The van der Waals surface area contributed by atoms with Gasteiger partial charge in [0.05, 0.1) is 12.7 Å². The van der Waals surface area contributed by atoms with E-state index in [0.717, 1.165) is 24.2 Å². The summed E-state index contributed by atoms with van der Waals surface area (Å²) in [5.41, 5.74) is 3.98. The second-order valence-electron chi connectivity index (χ2n) is 5.53. The van der Waals surface area contributed by atoms with E-state index in [4.69, 9.17) is 4.74 Å². The van der Waals surface area contributed by atoms with E-state index in [2.05, 4.69) is 24.3 Å². The van der Waals surface area contributed by atoms with Gasteiger partial charge < -0.3 is 9.84 Å². The Kier molecular flexibility index (Phi) is 3.27. The van der Waals surface area contributed by atoms with Crippen molar-refractivity contribution in [1.82, 2.24) is 0 Å². The molecule has 0 bridgehead atoms. The Morgan fingerprint density at radius 1 is 1.10 bits per heavy atom. The number of rotatable bonds is 2. The first kappa shape index (κ1) is 13.2. The third kappa shape index (κ3) is 2.10. The van der Waals surface area contributed by atoms with Crippen LogP contribution in [0, 0.1) is 0 Å². The number of fused-ring (bicyclic) bond motifs is 2. The van der Waals surface area contributed by atoms with E-state index in [0.29, 0.717) is 6.42 Å². The van der Waals surface area contributed by atoms with Crippen LogP contribution in [-0.4, -0.2) is 12.2 Å². The van der Waals surface area contributed by atoms with E-state index >= 15 is 0 Å². The van der Waals surface area contributed by atoms with Crippen molar-refractivity contribution in [3.63, 3.8) is 0 Å². The van der Waals surface area contributed by atoms with Crippen molar-refractivity contribution in [3.8, 4) is 5.75 Å². The fraction of sp³-hybridized carbons (Fsp3) is 0.333. The van der Waals surface area contributed by atoms with Crippen LogP contribution >= 0.6 is 0 Å². The van der Waals surface area contributed by atoms with Gasteiger partial charge in [-0.05, 0) is 47.2 Å². The minimum Gasteiger partial charge on any atom is -0.497 e. The Morgan fingerprint density at radius 2 is 1.90 bits per heavy atom. The quantitative estimate of drug-likeness (QED) is 0.904. The van der Waals surface area contributed by atoms with Gasteiger partial charge in [0, 0.05) is 6.42 Å². The summed E-state index contributed by atoms with van der Waals surface area (Å²) in [4.78, 5) is 0. The Balaban J connectivity index is 2.17. The smallest absolute Gasteiger partial charge is 0.119 e. The van der Waals surface area contributed by atoms with Gasteiger partial charge in [0.2, 0.25) is 0 Å². The molecule has 0 aliphatic heterocycles. The zero-order valence-electron chi connectivity index (χ0n) is 12.0. The van der Waals surface area contributed by atoms with Crippen molar-refractivity contribution >= 4 is 0 Å². The van der Waals surface area contributed by atoms with Gasteiger partial charge in [-0.2, -0.15) is 0 Å². The Labute approximate surface area is 120 Å². The number of aliphatic hydroxyl groups is 1. The van der Waals surface area contributed by atoms with Crippen LogP contribution in [0.15, 0.2) is 42.5 Å². The van der Waals surface area contributed by atoms with E-state index in [1.165, 1.54) is 16.7 Å². The van der Waals surface area contributed by atoms with Gasteiger partial charge in [-0.1, -0.05) is 37.3 Å². The molecule has 0 fully saturated rings. The number of hydrogen-bond acceptors (Lipinski definition) is 2. The van der Waals surface area contributed by atoms with Gasteiger partial charge in [0.15, 0.2) is 0 Å². The molecule has 1 atom stereocenters. The molecule has 3 rings (SSSR count). The van der Waals surface area contributed by atoms with E-state index in [-0.39, 0.29) is 0 Å². The van der Waals surface area contributed by atoms with E-state index < -0.39 is 5.60 Å². The highest BCUT2D eigenvalue weighted by molar-refractivity contribution is 5.46. The van der Waals surface area contributed by atoms with Crippen LogP contribution in [-0.2, 0) is 18.4 Å². The van der Waals surface area contributed by atoms with Gasteiger partial charge in [-0.25, -0.2) is 0 Å². The molecule has 1 aliphatic carbocycles. The second-order valence-corrected chi connectivity index (χ2v) is 5.53. The number of ether oxygens (including phenoxy) is 1. The summed E-state index contributed by atoms with van der Waals surface area (Å²) < 4.78 is 5.32. The van der Waals surface area contributed by atoms with Crippen molar-refractivity contribution < 1.29 is 9.84 Å². The van der Waals surface area contributed by atoms with Gasteiger partial charge in [-0.3, -0.25) is 0 Å². The van der Waals surface area contributed by atoms with Crippen molar-refractivity contribution in [1.29, 1.82) is 0 Å². The molecule has 2 heteroatoms. The number of benzene rings is 2. The van der Waals surface area contributed by atoms with Gasteiger partial charge in [0.25, 0.3) is 0 Å². The highest BCUT2D eigenvalue weighted by Gasteiger charge is 2.33. The van der Waals surface area contributed by atoms with Crippen molar-refractivity contribution in [2.75, 3.05) is 7.11 Å². The molecular weight excluding hydrogens is 248 g/mol. The fourth-order valence-corrected chi connectivity index (χ4v) is 3.13. The molecule has 0 spiro atoms. The SMILES string of the molecule is CCC1(O)Cc2ccc(OC)cc2Cc2ccccc21. The van der Waals surface area contributed by atoms with E-state index in [9.17, 15) is 5.11 Å². The lowest BCUT2D eigenvalue weighted by Gasteiger charge is -2.28. The van der Waals surface area contributed by atoms with Crippen LogP contribution in [0.2, 0.25) is 0 Å². The monoisotopic (exact) mass is 268 g/mol. The Hall–Kier alpha value is -1.80. The molecule has 1 unspecified atom stereocenters. The molecule has 0 aromatic heterocycles. The second kappa shape index (κ2) is 4.95. The zero-order valence-corrected chi connectivity index (χ0v) is 12.0. The van der Waals surface area contributed by atoms with Crippen LogP contribution in [0.5, 0.6) is 5.75 Å². The summed E-state index contributed by atoms with van der Waals surface area (Å²) in [6, 6.07) is 14.4. The molecular formula is C18H20O2. The minimum absolute atomic E-state index is 0.667. The van der Waals surface area contributed by atoms with Crippen LogP contribution in [0.4, 0.5) is 0 Å². The number of methoxy groups -OCH3 is 1. The summed E-state index contributed by atoms with van der Waals surface area (Å²) in [7, 11) is 1.69. The van der Waals surface area contributed by atoms with Crippen LogP contribution in [0.25, 0.3) is 0 Å². The normalized spacial score (nSPS) is 20.8.